The number of nitrogens with two attached hydrogens (primary N) is 2. The van der Waals surface area contributed by atoms with Gasteiger partial charge in [0, 0.05) is 31.1 Å². The zero-order valence-corrected chi connectivity index (χ0v) is 18.5. The maximum Gasteiger partial charge on any atom is 0.414 e. The second-order valence-corrected chi connectivity index (χ2v) is 9.02. The van der Waals surface area contributed by atoms with Crippen molar-refractivity contribution in [3.63, 3.8) is 0 Å². The smallest absolute Gasteiger partial charge is 0.414 e. The molecule has 4 N–H and O–H groups in total. The minimum Gasteiger partial charge on any atom is -0.422 e. The van der Waals surface area contributed by atoms with Crippen molar-refractivity contribution in [1.29, 1.82) is 0 Å². The summed E-state index contributed by atoms with van der Waals surface area (Å²) in [6, 6.07) is 6.62. The van der Waals surface area contributed by atoms with Crippen molar-refractivity contribution in [1.82, 2.24) is 4.90 Å². The van der Waals surface area contributed by atoms with Gasteiger partial charge in [0.2, 0.25) is 10.0 Å². The molecule has 1 unspecified atom stereocenters. The van der Waals surface area contributed by atoms with Gasteiger partial charge in [-0.2, -0.15) is 0 Å². The normalized spacial score (nSPS) is 12.6. The third-order valence-corrected chi connectivity index (χ3v) is 5.87. The molecule has 12 heteroatoms. The molecule has 0 spiro atoms. The molecular formula is C20H19ClFN3O6S. The Kier molecular flexibility index (Phi) is 6.56. The molecule has 0 aliphatic heterocycles. The van der Waals surface area contributed by atoms with Crippen LogP contribution in [-0.2, 0) is 16.7 Å². The highest BCUT2D eigenvalue weighted by Crippen LogP contribution is 2.34. The number of sulfonamides is 1. The number of hydrogen-bond acceptors (Lipinski definition) is 7. The Balaban J connectivity index is 2.18. The number of ether oxygens (including phenoxy) is 1. The van der Waals surface area contributed by atoms with E-state index in [1.165, 1.54) is 55.4 Å². The molecule has 3 aromatic rings. The van der Waals surface area contributed by atoms with Gasteiger partial charge < -0.3 is 19.8 Å². The van der Waals surface area contributed by atoms with E-state index in [4.69, 9.17) is 31.6 Å². The third-order valence-electron chi connectivity index (χ3n) is 4.66. The van der Waals surface area contributed by atoms with Crippen molar-refractivity contribution in [3.05, 3.63) is 68.5 Å². The highest BCUT2D eigenvalue weighted by molar-refractivity contribution is 7.89. The second kappa shape index (κ2) is 8.87. The van der Waals surface area contributed by atoms with Crippen molar-refractivity contribution in [2.24, 2.45) is 10.9 Å². The summed E-state index contributed by atoms with van der Waals surface area (Å²) in [6.07, 6.45) is -0.715. The maximum atomic E-state index is 14.1. The Bertz CT molecular complexity index is 1370. The molecule has 0 bridgehead atoms. The maximum absolute atomic E-state index is 14.1. The van der Waals surface area contributed by atoms with Crippen LogP contribution >= 0.6 is 11.6 Å². The lowest BCUT2D eigenvalue weighted by atomic mass is 9.95. The van der Waals surface area contributed by atoms with Gasteiger partial charge in [-0.05, 0) is 23.8 Å². The molecule has 9 nitrogen and oxygen atoms in total. The fraction of sp³-hybridized carbons (Fsp3) is 0.200. The molecule has 0 fully saturated rings. The molecule has 0 aliphatic carbocycles. The lowest BCUT2D eigenvalue weighted by molar-refractivity contribution is 0.172. The van der Waals surface area contributed by atoms with Gasteiger partial charge in [0.05, 0.1) is 21.5 Å². The number of carbonyl (C=O) groups excluding carboxylic acids is 1. The van der Waals surface area contributed by atoms with E-state index in [9.17, 15) is 22.4 Å². The van der Waals surface area contributed by atoms with Gasteiger partial charge in [0.25, 0.3) is 0 Å². The van der Waals surface area contributed by atoms with E-state index in [2.05, 4.69) is 0 Å². The Morgan fingerprint density at radius 3 is 2.56 bits per heavy atom. The van der Waals surface area contributed by atoms with Crippen LogP contribution in [-0.4, -0.2) is 33.5 Å². The highest BCUT2D eigenvalue weighted by atomic mass is 35.5. The van der Waals surface area contributed by atoms with Crippen LogP contribution in [0.3, 0.4) is 0 Å². The first-order valence-electron chi connectivity index (χ1n) is 9.06. The van der Waals surface area contributed by atoms with E-state index >= 15 is 0 Å². The number of primary sulfonamides is 1. The monoisotopic (exact) mass is 483 g/mol. The number of amides is 1. The quantitative estimate of drug-likeness (QED) is 0.530. The Morgan fingerprint density at radius 2 is 1.97 bits per heavy atom. The van der Waals surface area contributed by atoms with Crippen LogP contribution in [0.2, 0.25) is 5.02 Å². The fourth-order valence-corrected chi connectivity index (χ4v) is 3.82. The lowest BCUT2D eigenvalue weighted by Crippen LogP contribution is -2.25. The largest absolute Gasteiger partial charge is 0.422 e. The summed E-state index contributed by atoms with van der Waals surface area (Å²) >= 11 is 6.19. The predicted octanol–water partition coefficient (Wildman–Crippen LogP) is 2.67. The van der Waals surface area contributed by atoms with E-state index < -0.39 is 34.5 Å². The zero-order chi connectivity index (χ0) is 23.8. The lowest BCUT2D eigenvalue weighted by Gasteiger charge is -2.17. The van der Waals surface area contributed by atoms with Crippen LogP contribution in [0.1, 0.15) is 22.7 Å². The van der Waals surface area contributed by atoms with E-state index in [1.807, 2.05) is 0 Å². The first kappa shape index (κ1) is 23.7. The van der Waals surface area contributed by atoms with Gasteiger partial charge in [-0.25, -0.2) is 27.5 Å². The summed E-state index contributed by atoms with van der Waals surface area (Å²) in [5.74, 6) is -0.0799. The molecular weight excluding hydrogens is 465 g/mol. The summed E-state index contributed by atoms with van der Waals surface area (Å²) in [5.41, 5.74) is 5.10. The number of fused-ring (bicyclic) bond motifs is 1. The van der Waals surface area contributed by atoms with Crippen molar-refractivity contribution >= 4 is 38.7 Å². The second-order valence-electron chi connectivity index (χ2n) is 7.05. The average Bonchev–Trinajstić information content (AvgIpc) is 2.72. The SMILES string of the molecule is CN(C)C(=O)Oc1cc2oc(=O)c(C(N)c3cccc(S(N)(=O)=O)c3)c(CF)c2cc1Cl. The van der Waals surface area contributed by atoms with Crippen LogP contribution in [0, 0.1) is 0 Å². The molecule has 1 heterocycles. The number of carbonyl (C=O) groups is 1. The number of nitrogens with zero attached hydrogens (tertiary/aromatic N) is 1. The predicted molar refractivity (Wildman–Crippen MR) is 116 cm³/mol. The molecule has 1 atom stereocenters. The Labute approximate surface area is 187 Å². The first-order chi connectivity index (χ1) is 14.9. The molecule has 0 saturated carbocycles. The molecule has 1 amide bonds. The van der Waals surface area contributed by atoms with Crippen molar-refractivity contribution in [2.75, 3.05) is 14.1 Å². The highest BCUT2D eigenvalue weighted by Gasteiger charge is 2.24. The number of rotatable bonds is 5. The molecule has 2 aromatic carbocycles. The summed E-state index contributed by atoms with van der Waals surface area (Å²) in [6.45, 7) is -1.09. The minimum absolute atomic E-state index is 0.0213. The minimum atomic E-state index is -4.02. The van der Waals surface area contributed by atoms with Gasteiger partial charge in [0.1, 0.15) is 12.3 Å². The number of hydrogen-bond donors (Lipinski definition) is 2. The van der Waals surface area contributed by atoms with Crippen LogP contribution < -0.4 is 21.2 Å². The van der Waals surface area contributed by atoms with Crippen LogP contribution in [0.5, 0.6) is 5.75 Å². The van der Waals surface area contributed by atoms with Crippen LogP contribution in [0.25, 0.3) is 11.0 Å². The topological polar surface area (TPSA) is 146 Å². The average molecular weight is 484 g/mol. The molecule has 0 aliphatic rings. The zero-order valence-electron chi connectivity index (χ0n) is 17.0. The van der Waals surface area contributed by atoms with Gasteiger partial charge in [0.15, 0.2) is 5.75 Å². The molecule has 1 aromatic heterocycles. The first-order valence-corrected chi connectivity index (χ1v) is 11.0. The van der Waals surface area contributed by atoms with Gasteiger partial charge in [-0.3, -0.25) is 0 Å². The van der Waals surface area contributed by atoms with Gasteiger partial charge in [-0.15, -0.1) is 0 Å². The molecule has 0 saturated heterocycles. The standard InChI is InChI=1S/C20H19ClFN3O6S/c1-25(2)20(27)31-16-8-15-12(7-14(16)21)13(9-22)17(19(26)30-15)18(23)10-4-3-5-11(6-10)32(24,28)29/h3-8,18H,9,23H2,1-2H3,(H2,24,28,29). The van der Waals surface area contributed by atoms with Gasteiger partial charge in [-0.1, -0.05) is 23.7 Å². The summed E-state index contributed by atoms with van der Waals surface area (Å²) < 4.78 is 47.8. The number of benzene rings is 2. The molecule has 0 radical (unpaired) electrons. The van der Waals surface area contributed by atoms with E-state index in [0.717, 1.165) is 0 Å². The summed E-state index contributed by atoms with van der Waals surface area (Å²) in [7, 11) is -1.08. The summed E-state index contributed by atoms with van der Waals surface area (Å²) in [4.78, 5) is 25.5. The number of halogens is 2. The van der Waals surface area contributed by atoms with Gasteiger partial charge >= 0.3 is 11.7 Å². The third kappa shape index (κ3) is 4.60. The van der Waals surface area contributed by atoms with Crippen LogP contribution in [0.4, 0.5) is 9.18 Å². The van der Waals surface area contributed by atoms with Crippen molar-refractivity contribution in [2.45, 2.75) is 17.6 Å². The number of alkyl halides is 1. The fourth-order valence-electron chi connectivity index (χ4n) is 3.05. The van der Waals surface area contributed by atoms with E-state index in [-0.39, 0.29) is 43.3 Å². The van der Waals surface area contributed by atoms with E-state index in [0.29, 0.717) is 0 Å². The van der Waals surface area contributed by atoms with Crippen molar-refractivity contribution < 1.29 is 26.8 Å². The van der Waals surface area contributed by atoms with Crippen LogP contribution in [0.15, 0.2) is 50.5 Å². The summed E-state index contributed by atoms with van der Waals surface area (Å²) in [5, 5.41) is 5.27. The van der Waals surface area contributed by atoms with Crippen molar-refractivity contribution in [3.8, 4) is 5.75 Å². The molecule has 170 valence electrons. The molecule has 3 rings (SSSR count). The Hall–Kier alpha value is -2.99. The van der Waals surface area contributed by atoms with E-state index in [1.54, 1.807) is 0 Å². The Morgan fingerprint density at radius 1 is 1.28 bits per heavy atom. The molecule has 32 heavy (non-hydrogen) atoms.